The van der Waals surface area contributed by atoms with Crippen LogP contribution in [-0.4, -0.2) is 32.1 Å². The minimum Gasteiger partial charge on any atom is -0.481 e. The molecule has 3 aromatic carbocycles. The highest BCUT2D eigenvalue weighted by Crippen LogP contribution is 2.31. The summed E-state index contributed by atoms with van der Waals surface area (Å²) < 4.78 is 19.5. The Morgan fingerprint density at radius 3 is 2.23 bits per heavy atom. The van der Waals surface area contributed by atoms with Crippen molar-refractivity contribution >= 4 is 11.8 Å². The highest BCUT2D eigenvalue weighted by molar-refractivity contribution is 5.94. The van der Waals surface area contributed by atoms with Gasteiger partial charge in [-0.2, -0.15) is 4.98 Å². The molecule has 0 aliphatic heterocycles. The van der Waals surface area contributed by atoms with Crippen LogP contribution in [0.3, 0.4) is 0 Å². The molecule has 0 spiro atoms. The SMILES string of the molecule is CC.CC(=O)c1ccc(-c2noc(-c3ccc(-c4ccccc4C)c(CO)c3)n2)cc1F.CCCCC(=O)O. The molecule has 7 nitrogen and oxygen atoms in total. The summed E-state index contributed by atoms with van der Waals surface area (Å²) >= 11 is 0. The quantitative estimate of drug-likeness (QED) is 0.225. The van der Waals surface area contributed by atoms with E-state index in [1.807, 2.05) is 64.1 Å². The second-order valence-electron chi connectivity index (χ2n) is 8.52. The Morgan fingerprint density at radius 2 is 1.67 bits per heavy atom. The van der Waals surface area contributed by atoms with Gasteiger partial charge in [-0.05, 0) is 66.8 Å². The smallest absolute Gasteiger partial charge is 0.303 e. The molecule has 39 heavy (non-hydrogen) atoms. The molecule has 0 atom stereocenters. The van der Waals surface area contributed by atoms with Gasteiger partial charge in [0, 0.05) is 17.5 Å². The second kappa shape index (κ2) is 15.3. The van der Waals surface area contributed by atoms with Gasteiger partial charge in [0.2, 0.25) is 5.82 Å². The number of aliphatic carboxylic acids is 1. The standard InChI is InChI=1S/C24H19FN2O3.C5H10O2.C2H6/c1-14-5-3-4-6-19(14)21-10-8-17(11-18(21)13-28)24-26-23(27-30-24)16-7-9-20(15(2)29)22(25)12-16;1-2-3-4-5(6)7;1-2/h3-12,28H,13H2,1-2H3;2-4H2,1H3,(H,6,7);1-2H3. The van der Waals surface area contributed by atoms with Crippen LogP contribution in [0.25, 0.3) is 34.0 Å². The Labute approximate surface area is 228 Å². The van der Waals surface area contributed by atoms with Crippen molar-refractivity contribution in [3.05, 3.63) is 83.2 Å². The van der Waals surface area contributed by atoms with Crippen LogP contribution in [0.2, 0.25) is 0 Å². The number of carbonyl (C=O) groups is 2. The van der Waals surface area contributed by atoms with Crippen molar-refractivity contribution < 1.29 is 28.7 Å². The molecule has 4 aromatic rings. The first-order valence-corrected chi connectivity index (χ1v) is 12.9. The van der Waals surface area contributed by atoms with Crippen LogP contribution < -0.4 is 0 Å². The van der Waals surface area contributed by atoms with Crippen LogP contribution in [0.15, 0.2) is 65.2 Å². The van der Waals surface area contributed by atoms with Crippen molar-refractivity contribution in [1.82, 2.24) is 10.1 Å². The minimum atomic E-state index is -0.693. The van der Waals surface area contributed by atoms with Crippen LogP contribution in [0.5, 0.6) is 0 Å². The van der Waals surface area contributed by atoms with E-state index in [9.17, 15) is 19.1 Å². The first kappa shape index (κ1) is 31.1. The first-order chi connectivity index (χ1) is 18.7. The lowest BCUT2D eigenvalue weighted by molar-refractivity contribution is -0.137. The first-order valence-electron chi connectivity index (χ1n) is 12.9. The van der Waals surface area contributed by atoms with E-state index < -0.39 is 11.8 Å². The minimum absolute atomic E-state index is 0.0156. The lowest BCUT2D eigenvalue weighted by Crippen LogP contribution is -1.97. The Morgan fingerprint density at radius 1 is 0.974 bits per heavy atom. The van der Waals surface area contributed by atoms with E-state index in [0.29, 0.717) is 17.5 Å². The molecule has 0 aliphatic rings. The highest BCUT2D eigenvalue weighted by Gasteiger charge is 2.16. The van der Waals surface area contributed by atoms with Gasteiger partial charge in [-0.25, -0.2) is 4.39 Å². The largest absolute Gasteiger partial charge is 0.481 e. The van der Waals surface area contributed by atoms with E-state index in [2.05, 4.69) is 10.1 Å². The van der Waals surface area contributed by atoms with Crippen LogP contribution in [-0.2, 0) is 11.4 Å². The fourth-order valence-corrected chi connectivity index (χ4v) is 3.72. The van der Waals surface area contributed by atoms with E-state index in [4.69, 9.17) is 9.63 Å². The average Bonchev–Trinajstić information content (AvgIpc) is 3.43. The Kier molecular flexibility index (Phi) is 12.2. The molecular formula is C31H35FN2O5. The predicted octanol–water partition coefficient (Wildman–Crippen LogP) is 7.50. The van der Waals surface area contributed by atoms with Gasteiger partial charge in [0.05, 0.1) is 12.2 Å². The number of carboxylic acid groups (broad SMARTS) is 1. The van der Waals surface area contributed by atoms with Gasteiger partial charge in [-0.15, -0.1) is 0 Å². The summed E-state index contributed by atoms with van der Waals surface area (Å²) in [5.41, 5.74) is 4.89. The van der Waals surface area contributed by atoms with Gasteiger partial charge in [-0.1, -0.05) is 68.7 Å². The fraction of sp³-hybridized carbons (Fsp3) is 0.290. The summed E-state index contributed by atoms with van der Waals surface area (Å²) in [6.07, 6.45) is 2.08. The van der Waals surface area contributed by atoms with Gasteiger partial charge in [0.25, 0.3) is 5.89 Å². The fourth-order valence-electron chi connectivity index (χ4n) is 3.72. The Bertz CT molecular complexity index is 1400. The number of hydrogen-bond acceptors (Lipinski definition) is 6. The number of nitrogens with zero attached hydrogens (tertiary/aromatic N) is 2. The second-order valence-corrected chi connectivity index (χ2v) is 8.52. The molecule has 0 saturated carbocycles. The maximum Gasteiger partial charge on any atom is 0.303 e. The molecule has 0 fully saturated rings. The Hall–Kier alpha value is -4.17. The van der Waals surface area contributed by atoms with Crippen molar-refractivity contribution in [1.29, 1.82) is 0 Å². The molecule has 1 aromatic heterocycles. The number of ketones is 1. The number of aryl methyl sites for hydroxylation is 1. The van der Waals surface area contributed by atoms with Gasteiger partial charge in [0.1, 0.15) is 5.82 Å². The third kappa shape index (κ3) is 8.41. The van der Waals surface area contributed by atoms with Crippen LogP contribution in [0.4, 0.5) is 4.39 Å². The van der Waals surface area contributed by atoms with Crippen LogP contribution in [0.1, 0.15) is 68.4 Å². The van der Waals surface area contributed by atoms with Gasteiger partial charge in [0.15, 0.2) is 5.78 Å². The lowest BCUT2D eigenvalue weighted by atomic mass is 9.95. The predicted molar refractivity (Wildman–Crippen MR) is 150 cm³/mol. The molecule has 0 bridgehead atoms. The zero-order chi connectivity index (χ0) is 28.9. The molecule has 0 unspecified atom stereocenters. The van der Waals surface area contributed by atoms with Gasteiger partial charge >= 0.3 is 5.97 Å². The van der Waals surface area contributed by atoms with Crippen molar-refractivity contribution in [3.8, 4) is 34.0 Å². The van der Waals surface area contributed by atoms with Crippen molar-refractivity contribution in [2.75, 3.05) is 0 Å². The molecule has 0 saturated heterocycles. The number of hydrogen-bond donors (Lipinski definition) is 2. The lowest BCUT2D eigenvalue weighted by Gasteiger charge is -2.11. The van der Waals surface area contributed by atoms with Crippen molar-refractivity contribution in [2.24, 2.45) is 0 Å². The molecule has 0 aliphatic carbocycles. The van der Waals surface area contributed by atoms with E-state index in [1.54, 1.807) is 12.1 Å². The summed E-state index contributed by atoms with van der Waals surface area (Å²) in [5.74, 6) is -1.20. The van der Waals surface area contributed by atoms with Crippen molar-refractivity contribution in [3.63, 3.8) is 0 Å². The highest BCUT2D eigenvalue weighted by atomic mass is 19.1. The van der Waals surface area contributed by atoms with E-state index in [-0.39, 0.29) is 29.7 Å². The zero-order valence-corrected chi connectivity index (χ0v) is 23.0. The normalized spacial score (nSPS) is 10.1. The number of rotatable bonds is 8. The monoisotopic (exact) mass is 534 g/mol. The summed E-state index contributed by atoms with van der Waals surface area (Å²) in [7, 11) is 0. The molecule has 206 valence electrons. The molecule has 0 amide bonds. The average molecular weight is 535 g/mol. The number of aromatic nitrogens is 2. The maximum atomic E-state index is 14.1. The number of carboxylic acids is 1. The summed E-state index contributed by atoms with van der Waals surface area (Å²) in [6, 6.07) is 17.7. The maximum absolute atomic E-state index is 14.1. The molecular weight excluding hydrogens is 499 g/mol. The number of aliphatic hydroxyl groups is 1. The van der Waals surface area contributed by atoms with Crippen molar-refractivity contribution in [2.45, 2.75) is 60.5 Å². The van der Waals surface area contributed by atoms with E-state index in [1.165, 1.54) is 19.1 Å². The molecule has 2 N–H and O–H groups in total. The molecule has 4 rings (SSSR count). The van der Waals surface area contributed by atoms with Crippen LogP contribution in [0, 0.1) is 12.7 Å². The number of carbonyl (C=O) groups excluding carboxylic acids is 1. The third-order valence-corrected chi connectivity index (χ3v) is 5.73. The number of unbranched alkanes of at least 4 members (excludes halogenated alkanes) is 1. The number of halogens is 1. The molecule has 1 heterocycles. The number of aliphatic hydroxyl groups excluding tert-OH is 1. The van der Waals surface area contributed by atoms with Gasteiger partial charge < -0.3 is 14.7 Å². The van der Waals surface area contributed by atoms with Crippen LogP contribution >= 0.6 is 0 Å². The molecule has 0 radical (unpaired) electrons. The topological polar surface area (TPSA) is 114 Å². The zero-order valence-electron chi connectivity index (χ0n) is 23.0. The Balaban J connectivity index is 0.000000517. The van der Waals surface area contributed by atoms with Gasteiger partial charge in [-0.3, -0.25) is 9.59 Å². The number of Topliss-reactive ketones (excluding diaryl/α,β-unsaturated/α-hetero) is 1. The van der Waals surface area contributed by atoms with E-state index in [0.717, 1.165) is 35.1 Å². The molecule has 8 heteroatoms. The third-order valence-electron chi connectivity index (χ3n) is 5.73. The summed E-state index contributed by atoms with van der Waals surface area (Å²) in [6.45, 7) is 9.16. The van der Waals surface area contributed by atoms with E-state index >= 15 is 0 Å². The summed E-state index contributed by atoms with van der Waals surface area (Å²) in [4.78, 5) is 25.5. The number of benzene rings is 3. The summed E-state index contributed by atoms with van der Waals surface area (Å²) in [5, 5.41) is 21.9.